The highest BCUT2D eigenvalue weighted by atomic mass is 35.5. The van der Waals surface area contributed by atoms with E-state index >= 15 is 0 Å². The number of nitrogens with zero attached hydrogens (tertiary/aromatic N) is 4. The van der Waals surface area contributed by atoms with Crippen LogP contribution in [0.1, 0.15) is 21.5 Å². The Morgan fingerprint density at radius 3 is 2.67 bits per heavy atom. The Morgan fingerprint density at radius 1 is 1.11 bits per heavy atom. The van der Waals surface area contributed by atoms with Crippen LogP contribution in [0.5, 0.6) is 0 Å². The summed E-state index contributed by atoms with van der Waals surface area (Å²) in [5.74, 6) is 0.0180. The van der Waals surface area contributed by atoms with Crippen molar-refractivity contribution in [2.45, 2.75) is 6.54 Å². The van der Waals surface area contributed by atoms with Crippen molar-refractivity contribution < 1.29 is 4.79 Å². The van der Waals surface area contributed by atoms with Crippen LogP contribution in [0.4, 0.5) is 0 Å². The molecule has 0 spiro atoms. The zero-order valence-electron chi connectivity index (χ0n) is 14.8. The second kappa shape index (κ2) is 7.43. The lowest BCUT2D eigenvalue weighted by Gasteiger charge is -2.34. The molecule has 6 heteroatoms. The third-order valence-corrected chi connectivity index (χ3v) is 5.23. The molecule has 1 saturated heterocycles. The van der Waals surface area contributed by atoms with Gasteiger partial charge in [0.15, 0.2) is 0 Å². The molecule has 5 nitrogen and oxygen atoms in total. The normalized spacial score (nSPS) is 15.0. The van der Waals surface area contributed by atoms with Crippen LogP contribution in [0.15, 0.2) is 54.9 Å². The predicted molar refractivity (Wildman–Crippen MR) is 105 cm³/mol. The summed E-state index contributed by atoms with van der Waals surface area (Å²) in [7, 11) is 0. The van der Waals surface area contributed by atoms with E-state index < -0.39 is 0 Å². The zero-order chi connectivity index (χ0) is 18.8. The van der Waals surface area contributed by atoms with E-state index in [1.807, 2.05) is 39.9 Å². The van der Waals surface area contributed by atoms with Crippen LogP contribution in [-0.4, -0.2) is 46.3 Å². The number of carbonyl (C=O) groups excluding carboxylic acids is 1. The molecule has 2 aromatic heterocycles. The van der Waals surface area contributed by atoms with Crippen molar-refractivity contribution in [1.82, 2.24) is 14.2 Å². The SMILES string of the molecule is N#Cc1c(CN2CCN(C(=O)c3cccc(Cl)c3)CC2)cn2ccccc12. The molecule has 0 saturated carbocycles. The molecular formula is C21H19ClN4O. The summed E-state index contributed by atoms with van der Waals surface area (Å²) < 4.78 is 1.99. The molecule has 27 heavy (non-hydrogen) atoms. The lowest BCUT2D eigenvalue weighted by atomic mass is 10.1. The summed E-state index contributed by atoms with van der Waals surface area (Å²) in [4.78, 5) is 16.8. The average Bonchev–Trinajstić information content (AvgIpc) is 3.05. The molecule has 0 radical (unpaired) electrons. The van der Waals surface area contributed by atoms with E-state index in [9.17, 15) is 10.1 Å². The van der Waals surface area contributed by atoms with Crippen molar-refractivity contribution in [3.05, 3.63) is 76.6 Å². The number of benzene rings is 1. The van der Waals surface area contributed by atoms with Gasteiger partial charge in [-0.3, -0.25) is 9.69 Å². The monoisotopic (exact) mass is 378 g/mol. The molecule has 0 aliphatic carbocycles. The number of pyridine rings is 1. The molecule has 1 amide bonds. The second-order valence-electron chi connectivity index (χ2n) is 6.71. The van der Waals surface area contributed by atoms with Crippen molar-refractivity contribution >= 4 is 23.0 Å². The molecule has 0 bridgehead atoms. The van der Waals surface area contributed by atoms with Crippen LogP contribution >= 0.6 is 11.6 Å². The van der Waals surface area contributed by atoms with Crippen molar-refractivity contribution in [1.29, 1.82) is 5.26 Å². The minimum absolute atomic E-state index is 0.0180. The largest absolute Gasteiger partial charge is 0.336 e. The number of halogens is 1. The first kappa shape index (κ1) is 17.6. The first-order valence-corrected chi connectivity index (χ1v) is 9.29. The van der Waals surface area contributed by atoms with Gasteiger partial charge >= 0.3 is 0 Å². The van der Waals surface area contributed by atoms with E-state index in [2.05, 4.69) is 11.0 Å². The van der Waals surface area contributed by atoms with Gasteiger partial charge in [-0.05, 0) is 30.3 Å². The van der Waals surface area contributed by atoms with Crippen molar-refractivity contribution in [3.63, 3.8) is 0 Å². The fourth-order valence-electron chi connectivity index (χ4n) is 3.58. The number of hydrogen-bond donors (Lipinski definition) is 0. The van der Waals surface area contributed by atoms with Gasteiger partial charge in [-0.25, -0.2) is 0 Å². The molecule has 0 atom stereocenters. The van der Waals surface area contributed by atoms with E-state index in [4.69, 9.17) is 11.6 Å². The Kier molecular flexibility index (Phi) is 4.85. The topological polar surface area (TPSA) is 51.8 Å². The molecule has 4 rings (SSSR count). The first-order chi connectivity index (χ1) is 13.2. The van der Waals surface area contributed by atoms with Gasteiger partial charge in [-0.1, -0.05) is 23.7 Å². The molecule has 136 valence electrons. The Hall–Kier alpha value is -2.81. The summed E-state index contributed by atoms with van der Waals surface area (Å²) in [5.41, 5.74) is 3.32. The van der Waals surface area contributed by atoms with Crippen LogP contribution in [0, 0.1) is 11.3 Å². The summed E-state index contributed by atoms with van der Waals surface area (Å²) >= 11 is 6.00. The van der Waals surface area contributed by atoms with Crippen molar-refractivity contribution in [3.8, 4) is 6.07 Å². The maximum Gasteiger partial charge on any atom is 0.253 e. The van der Waals surface area contributed by atoms with Gasteiger partial charge in [0.2, 0.25) is 0 Å². The highest BCUT2D eigenvalue weighted by Crippen LogP contribution is 2.20. The number of rotatable bonds is 3. The lowest BCUT2D eigenvalue weighted by molar-refractivity contribution is 0.0628. The number of piperazine rings is 1. The van der Waals surface area contributed by atoms with Gasteiger partial charge in [-0.2, -0.15) is 5.26 Å². The Balaban J connectivity index is 1.43. The van der Waals surface area contributed by atoms with Crippen molar-refractivity contribution in [2.75, 3.05) is 26.2 Å². The quantitative estimate of drug-likeness (QED) is 0.701. The number of aromatic nitrogens is 1. The van der Waals surface area contributed by atoms with E-state index in [1.165, 1.54) is 0 Å². The number of nitriles is 1. The molecule has 0 N–H and O–H groups in total. The van der Waals surface area contributed by atoms with Gasteiger partial charge in [-0.15, -0.1) is 0 Å². The molecule has 3 aromatic rings. The molecular weight excluding hydrogens is 360 g/mol. The van der Waals surface area contributed by atoms with Crippen LogP contribution in [0.3, 0.4) is 0 Å². The van der Waals surface area contributed by atoms with Gasteiger partial charge < -0.3 is 9.30 Å². The second-order valence-corrected chi connectivity index (χ2v) is 7.15. The number of carbonyl (C=O) groups is 1. The van der Waals surface area contributed by atoms with Gasteiger partial charge in [0, 0.05) is 61.3 Å². The predicted octanol–water partition coefficient (Wildman–Crippen LogP) is 3.42. The van der Waals surface area contributed by atoms with Crippen LogP contribution < -0.4 is 0 Å². The number of fused-ring (bicyclic) bond motifs is 1. The molecule has 1 aliphatic rings. The summed E-state index contributed by atoms with van der Waals surface area (Å²) in [6, 6.07) is 15.3. The third kappa shape index (κ3) is 3.55. The van der Waals surface area contributed by atoms with E-state index in [1.54, 1.807) is 24.3 Å². The third-order valence-electron chi connectivity index (χ3n) is 5.00. The Labute approximate surface area is 163 Å². The fraction of sp³-hybridized carbons (Fsp3) is 0.238. The van der Waals surface area contributed by atoms with E-state index in [-0.39, 0.29) is 5.91 Å². The minimum atomic E-state index is 0.0180. The minimum Gasteiger partial charge on any atom is -0.336 e. The molecule has 0 unspecified atom stereocenters. The maximum absolute atomic E-state index is 12.6. The summed E-state index contributed by atoms with van der Waals surface area (Å²) in [6.07, 6.45) is 3.98. The number of hydrogen-bond acceptors (Lipinski definition) is 3. The Morgan fingerprint density at radius 2 is 1.93 bits per heavy atom. The average molecular weight is 379 g/mol. The first-order valence-electron chi connectivity index (χ1n) is 8.91. The maximum atomic E-state index is 12.6. The highest BCUT2D eigenvalue weighted by Gasteiger charge is 2.23. The van der Waals surface area contributed by atoms with E-state index in [0.717, 1.165) is 29.7 Å². The van der Waals surface area contributed by atoms with Gasteiger partial charge in [0.25, 0.3) is 5.91 Å². The summed E-state index contributed by atoms with van der Waals surface area (Å²) in [5, 5.41) is 10.1. The van der Waals surface area contributed by atoms with Crippen LogP contribution in [0.2, 0.25) is 5.02 Å². The van der Waals surface area contributed by atoms with Gasteiger partial charge in [0.1, 0.15) is 6.07 Å². The zero-order valence-corrected chi connectivity index (χ0v) is 15.6. The fourth-order valence-corrected chi connectivity index (χ4v) is 3.77. The molecule has 3 heterocycles. The van der Waals surface area contributed by atoms with Crippen molar-refractivity contribution in [2.24, 2.45) is 0 Å². The van der Waals surface area contributed by atoms with Gasteiger partial charge in [0.05, 0.1) is 11.1 Å². The molecule has 1 aromatic carbocycles. The number of amides is 1. The summed E-state index contributed by atoms with van der Waals surface area (Å²) in [6.45, 7) is 3.61. The highest BCUT2D eigenvalue weighted by molar-refractivity contribution is 6.30. The molecule has 1 fully saturated rings. The van der Waals surface area contributed by atoms with Crippen LogP contribution in [-0.2, 0) is 6.54 Å². The smallest absolute Gasteiger partial charge is 0.253 e. The van der Waals surface area contributed by atoms with Crippen LogP contribution in [0.25, 0.3) is 5.52 Å². The molecule has 1 aliphatic heterocycles. The Bertz CT molecular complexity index is 1030. The standard InChI is InChI=1S/C21H19ClN4O/c22-18-5-3-4-16(12-18)21(27)25-10-8-24(9-11-25)14-17-15-26-7-2-1-6-20(26)19(17)13-23/h1-7,12,15H,8-11,14H2. The lowest BCUT2D eigenvalue weighted by Crippen LogP contribution is -2.48. The van der Waals surface area contributed by atoms with E-state index in [0.29, 0.717) is 30.2 Å².